The van der Waals surface area contributed by atoms with Crippen LogP contribution in [0.25, 0.3) is 0 Å². The van der Waals surface area contributed by atoms with Gasteiger partial charge in [0, 0.05) is 24.7 Å². The van der Waals surface area contributed by atoms with Crippen LogP contribution >= 0.6 is 0 Å². The number of hydrogen-bond acceptors (Lipinski definition) is 5. The molecule has 0 saturated carbocycles. The molecule has 1 aromatic carbocycles. The SMILES string of the molecule is CS(=O)(=O)CCNc1ccc(S(C)(=O)=O)cc1. The fourth-order valence-corrected chi connectivity index (χ4v) is 2.30. The average Bonchev–Trinajstić information content (AvgIpc) is 2.15. The molecule has 0 aliphatic rings. The molecule has 0 radical (unpaired) electrons. The number of hydrogen-bond donors (Lipinski definition) is 1. The first-order valence-corrected chi connectivity index (χ1v) is 8.85. The molecule has 0 amide bonds. The van der Waals surface area contributed by atoms with Crippen LogP contribution < -0.4 is 5.32 Å². The summed E-state index contributed by atoms with van der Waals surface area (Å²) in [5.74, 6) is 0.0425. The van der Waals surface area contributed by atoms with Gasteiger partial charge < -0.3 is 5.32 Å². The zero-order valence-corrected chi connectivity index (χ0v) is 11.3. The van der Waals surface area contributed by atoms with Gasteiger partial charge in [-0.15, -0.1) is 0 Å². The van der Waals surface area contributed by atoms with Gasteiger partial charge in [0.25, 0.3) is 0 Å². The van der Waals surface area contributed by atoms with E-state index in [1.54, 1.807) is 12.1 Å². The zero-order valence-electron chi connectivity index (χ0n) is 9.67. The molecule has 0 aromatic heterocycles. The first-order valence-electron chi connectivity index (χ1n) is 4.90. The van der Waals surface area contributed by atoms with Crippen LogP contribution in [0.4, 0.5) is 5.69 Å². The molecule has 96 valence electrons. The lowest BCUT2D eigenvalue weighted by atomic mass is 10.3. The normalized spacial score (nSPS) is 12.4. The van der Waals surface area contributed by atoms with Gasteiger partial charge in [0.15, 0.2) is 9.84 Å². The Labute approximate surface area is 102 Å². The first-order chi connectivity index (χ1) is 7.68. The van der Waals surface area contributed by atoms with Crippen molar-refractivity contribution in [2.75, 3.05) is 30.1 Å². The molecule has 1 rings (SSSR count). The van der Waals surface area contributed by atoms with Crippen molar-refractivity contribution in [1.82, 2.24) is 0 Å². The molecule has 17 heavy (non-hydrogen) atoms. The molecule has 0 bridgehead atoms. The molecule has 0 aliphatic carbocycles. The molecular formula is C10H15NO4S2. The van der Waals surface area contributed by atoms with E-state index >= 15 is 0 Å². The van der Waals surface area contributed by atoms with Gasteiger partial charge in [0.05, 0.1) is 10.6 Å². The summed E-state index contributed by atoms with van der Waals surface area (Å²) in [7, 11) is -6.17. The van der Waals surface area contributed by atoms with Crippen molar-refractivity contribution in [3.63, 3.8) is 0 Å². The number of anilines is 1. The van der Waals surface area contributed by atoms with E-state index in [1.807, 2.05) is 0 Å². The summed E-state index contributed by atoms with van der Waals surface area (Å²) in [6.45, 7) is 0.303. The molecule has 0 unspecified atom stereocenters. The summed E-state index contributed by atoms with van der Waals surface area (Å²) in [5, 5.41) is 2.91. The lowest BCUT2D eigenvalue weighted by molar-refractivity contribution is 0.600. The van der Waals surface area contributed by atoms with Gasteiger partial charge in [-0.05, 0) is 24.3 Å². The molecule has 0 fully saturated rings. The van der Waals surface area contributed by atoms with Gasteiger partial charge in [0.1, 0.15) is 9.84 Å². The van der Waals surface area contributed by atoms with Gasteiger partial charge in [0.2, 0.25) is 0 Å². The highest BCUT2D eigenvalue weighted by Crippen LogP contribution is 2.13. The molecule has 0 atom stereocenters. The monoisotopic (exact) mass is 277 g/mol. The molecule has 0 heterocycles. The summed E-state index contributed by atoms with van der Waals surface area (Å²) < 4.78 is 44.2. The van der Waals surface area contributed by atoms with Crippen LogP contribution in [0.2, 0.25) is 0 Å². The van der Waals surface area contributed by atoms with E-state index in [2.05, 4.69) is 5.32 Å². The fourth-order valence-electron chi connectivity index (χ4n) is 1.20. The maximum absolute atomic E-state index is 11.2. The quantitative estimate of drug-likeness (QED) is 0.850. The van der Waals surface area contributed by atoms with E-state index in [9.17, 15) is 16.8 Å². The highest BCUT2D eigenvalue weighted by Gasteiger charge is 2.06. The van der Waals surface area contributed by atoms with Gasteiger partial charge in [-0.25, -0.2) is 16.8 Å². The Morgan fingerprint density at radius 2 is 1.53 bits per heavy atom. The van der Waals surface area contributed by atoms with Crippen molar-refractivity contribution >= 4 is 25.4 Å². The second-order valence-corrected chi connectivity index (χ2v) is 8.13. The molecule has 5 nitrogen and oxygen atoms in total. The minimum atomic E-state index is -3.19. The standard InChI is InChI=1S/C10H15NO4S2/c1-16(12,13)8-7-11-9-3-5-10(6-4-9)17(2,14)15/h3-6,11H,7-8H2,1-2H3. The van der Waals surface area contributed by atoms with E-state index in [0.29, 0.717) is 12.2 Å². The lowest BCUT2D eigenvalue weighted by Gasteiger charge is -2.06. The minimum Gasteiger partial charge on any atom is -0.384 e. The van der Waals surface area contributed by atoms with Gasteiger partial charge in [-0.1, -0.05) is 0 Å². The summed E-state index contributed by atoms with van der Waals surface area (Å²) in [4.78, 5) is 0.242. The van der Waals surface area contributed by atoms with Gasteiger partial charge in [-0.3, -0.25) is 0 Å². The third kappa shape index (κ3) is 5.18. The van der Waals surface area contributed by atoms with E-state index in [-0.39, 0.29) is 10.6 Å². The number of nitrogens with one attached hydrogen (secondary N) is 1. The Kier molecular flexibility index (Phi) is 4.16. The van der Waals surface area contributed by atoms with E-state index in [4.69, 9.17) is 0 Å². The molecule has 0 spiro atoms. The van der Waals surface area contributed by atoms with Crippen molar-refractivity contribution in [2.45, 2.75) is 4.90 Å². The molecule has 7 heteroatoms. The minimum absolute atomic E-state index is 0.0425. The number of rotatable bonds is 5. The lowest BCUT2D eigenvalue weighted by Crippen LogP contribution is -2.14. The maximum atomic E-state index is 11.2. The summed E-state index contributed by atoms with van der Waals surface area (Å²) in [6.07, 6.45) is 2.31. The van der Waals surface area contributed by atoms with Crippen LogP contribution in [0.3, 0.4) is 0 Å². The summed E-state index contributed by atoms with van der Waals surface area (Å²) >= 11 is 0. The predicted molar refractivity (Wildman–Crippen MR) is 67.8 cm³/mol. The predicted octanol–water partition coefficient (Wildman–Crippen LogP) is 0.547. The fraction of sp³-hybridized carbons (Fsp3) is 0.400. The Morgan fingerprint density at radius 1 is 1.00 bits per heavy atom. The summed E-state index contributed by atoms with van der Waals surface area (Å²) in [5.41, 5.74) is 0.695. The maximum Gasteiger partial charge on any atom is 0.175 e. The number of benzene rings is 1. The van der Waals surface area contributed by atoms with Crippen molar-refractivity contribution in [2.24, 2.45) is 0 Å². The Morgan fingerprint density at radius 3 is 1.94 bits per heavy atom. The van der Waals surface area contributed by atoms with Crippen LogP contribution in [0.15, 0.2) is 29.2 Å². The molecule has 0 aliphatic heterocycles. The number of sulfone groups is 2. The van der Waals surface area contributed by atoms with Crippen molar-refractivity contribution in [1.29, 1.82) is 0 Å². The highest BCUT2D eigenvalue weighted by molar-refractivity contribution is 7.91. The third-order valence-corrected chi connectivity index (χ3v) is 4.16. The second kappa shape index (κ2) is 5.05. The second-order valence-electron chi connectivity index (χ2n) is 3.85. The van der Waals surface area contributed by atoms with Crippen LogP contribution in [0.5, 0.6) is 0 Å². The van der Waals surface area contributed by atoms with E-state index < -0.39 is 19.7 Å². The van der Waals surface area contributed by atoms with Crippen LogP contribution in [0.1, 0.15) is 0 Å². The first kappa shape index (κ1) is 14.0. The van der Waals surface area contributed by atoms with Crippen molar-refractivity contribution in [3.8, 4) is 0 Å². The zero-order chi connectivity index (χ0) is 13.1. The van der Waals surface area contributed by atoms with Crippen molar-refractivity contribution < 1.29 is 16.8 Å². The highest BCUT2D eigenvalue weighted by atomic mass is 32.2. The molecule has 1 N–H and O–H groups in total. The Balaban J connectivity index is 2.64. The summed E-state index contributed by atoms with van der Waals surface area (Å²) in [6, 6.07) is 6.19. The van der Waals surface area contributed by atoms with Crippen molar-refractivity contribution in [3.05, 3.63) is 24.3 Å². The van der Waals surface area contributed by atoms with Gasteiger partial charge in [-0.2, -0.15) is 0 Å². The molecule has 0 saturated heterocycles. The topological polar surface area (TPSA) is 80.3 Å². The van der Waals surface area contributed by atoms with E-state index in [1.165, 1.54) is 18.4 Å². The largest absolute Gasteiger partial charge is 0.384 e. The van der Waals surface area contributed by atoms with Crippen LogP contribution in [0, 0.1) is 0 Å². The Hall–Kier alpha value is -1.08. The van der Waals surface area contributed by atoms with Crippen LogP contribution in [-0.2, 0) is 19.7 Å². The van der Waals surface area contributed by atoms with E-state index in [0.717, 1.165) is 6.26 Å². The third-order valence-electron chi connectivity index (χ3n) is 2.08. The van der Waals surface area contributed by atoms with Gasteiger partial charge >= 0.3 is 0 Å². The molecular weight excluding hydrogens is 262 g/mol. The molecule has 1 aromatic rings. The Bertz CT molecular complexity index is 573. The average molecular weight is 277 g/mol. The van der Waals surface area contributed by atoms with Crippen LogP contribution in [-0.4, -0.2) is 41.6 Å². The smallest absolute Gasteiger partial charge is 0.175 e.